The van der Waals surface area contributed by atoms with Crippen LogP contribution >= 0.6 is 0 Å². The number of nitrogens with one attached hydrogen (secondary N) is 1. The van der Waals surface area contributed by atoms with Gasteiger partial charge < -0.3 is 11.1 Å². The number of hydrogen-bond acceptors (Lipinski definition) is 2. The molecule has 0 aliphatic heterocycles. The molecule has 2 unspecified atom stereocenters. The van der Waals surface area contributed by atoms with E-state index in [-0.39, 0.29) is 5.91 Å². The molecule has 86 valence electrons. The van der Waals surface area contributed by atoms with Gasteiger partial charge in [-0.05, 0) is 36.9 Å². The van der Waals surface area contributed by atoms with Gasteiger partial charge in [0, 0.05) is 11.6 Å². The molecule has 0 heterocycles. The van der Waals surface area contributed by atoms with Crippen LogP contribution in [0.4, 0.5) is 0 Å². The average Bonchev–Trinajstić information content (AvgIpc) is 2.95. The first-order valence-electron chi connectivity index (χ1n) is 5.81. The van der Waals surface area contributed by atoms with E-state index in [1.54, 1.807) is 0 Å². The van der Waals surface area contributed by atoms with Gasteiger partial charge in [0.05, 0.1) is 0 Å². The highest BCUT2D eigenvalue weighted by Gasteiger charge is 2.34. The summed E-state index contributed by atoms with van der Waals surface area (Å²) < 4.78 is 0. The molecule has 1 aliphatic carbocycles. The maximum atomic E-state index is 12.0. The maximum Gasteiger partial charge on any atom is 0.251 e. The van der Waals surface area contributed by atoms with Crippen molar-refractivity contribution in [2.24, 2.45) is 11.7 Å². The van der Waals surface area contributed by atoms with Gasteiger partial charge in [-0.1, -0.05) is 25.1 Å². The Balaban J connectivity index is 2.09. The molecule has 1 saturated carbocycles. The summed E-state index contributed by atoms with van der Waals surface area (Å²) in [6.45, 7) is 2.72. The normalized spacial score (nSPS) is 22.9. The van der Waals surface area contributed by atoms with Gasteiger partial charge in [-0.15, -0.1) is 0 Å². The second kappa shape index (κ2) is 4.66. The van der Waals surface area contributed by atoms with Gasteiger partial charge in [-0.3, -0.25) is 4.79 Å². The van der Waals surface area contributed by atoms with Crippen molar-refractivity contribution in [1.29, 1.82) is 0 Å². The van der Waals surface area contributed by atoms with Gasteiger partial charge in [0.2, 0.25) is 0 Å². The quantitative estimate of drug-likeness (QED) is 0.801. The molecule has 0 bridgehead atoms. The molecule has 1 amide bonds. The molecule has 16 heavy (non-hydrogen) atoms. The van der Waals surface area contributed by atoms with Gasteiger partial charge >= 0.3 is 0 Å². The van der Waals surface area contributed by atoms with E-state index in [2.05, 4.69) is 12.2 Å². The molecule has 1 fully saturated rings. The SMILES string of the molecule is CC1CC1NC(=O)c1ccccc1CCN. The Hall–Kier alpha value is -1.35. The van der Waals surface area contributed by atoms with E-state index in [0.717, 1.165) is 24.0 Å². The summed E-state index contributed by atoms with van der Waals surface area (Å²) in [7, 11) is 0. The van der Waals surface area contributed by atoms with Crippen molar-refractivity contribution in [3.63, 3.8) is 0 Å². The third-order valence-electron chi connectivity index (χ3n) is 3.10. The zero-order valence-electron chi connectivity index (χ0n) is 9.57. The predicted molar refractivity (Wildman–Crippen MR) is 64.2 cm³/mol. The Morgan fingerprint density at radius 3 is 2.81 bits per heavy atom. The van der Waals surface area contributed by atoms with Gasteiger partial charge in [0.15, 0.2) is 0 Å². The van der Waals surface area contributed by atoms with Crippen molar-refractivity contribution in [3.05, 3.63) is 35.4 Å². The van der Waals surface area contributed by atoms with Crippen LogP contribution in [-0.4, -0.2) is 18.5 Å². The lowest BCUT2D eigenvalue weighted by Gasteiger charge is -2.08. The van der Waals surface area contributed by atoms with Crippen LogP contribution in [0, 0.1) is 5.92 Å². The predicted octanol–water partition coefficient (Wildman–Crippen LogP) is 1.33. The van der Waals surface area contributed by atoms with Crippen LogP contribution in [0.2, 0.25) is 0 Å². The highest BCUT2D eigenvalue weighted by molar-refractivity contribution is 5.96. The summed E-state index contributed by atoms with van der Waals surface area (Å²) in [4.78, 5) is 12.0. The van der Waals surface area contributed by atoms with E-state index in [1.165, 1.54) is 0 Å². The summed E-state index contributed by atoms with van der Waals surface area (Å²) in [5.74, 6) is 0.670. The molecule has 3 heteroatoms. The van der Waals surface area contributed by atoms with Crippen molar-refractivity contribution in [2.75, 3.05) is 6.54 Å². The largest absolute Gasteiger partial charge is 0.349 e. The molecular weight excluding hydrogens is 200 g/mol. The summed E-state index contributed by atoms with van der Waals surface area (Å²) >= 11 is 0. The van der Waals surface area contributed by atoms with E-state index in [0.29, 0.717) is 18.5 Å². The van der Waals surface area contributed by atoms with Gasteiger partial charge in [0.1, 0.15) is 0 Å². The fraction of sp³-hybridized carbons (Fsp3) is 0.462. The Labute approximate surface area is 96.0 Å². The van der Waals surface area contributed by atoms with Crippen molar-refractivity contribution >= 4 is 5.91 Å². The number of carbonyl (C=O) groups is 1. The Morgan fingerprint density at radius 2 is 2.19 bits per heavy atom. The molecule has 0 saturated heterocycles. The van der Waals surface area contributed by atoms with Crippen molar-refractivity contribution in [2.45, 2.75) is 25.8 Å². The first kappa shape index (κ1) is 11.1. The summed E-state index contributed by atoms with van der Waals surface area (Å²) in [5.41, 5.74) is 7.34. The monoisotopic (exact) mass is 218 g/mol. The lowest BCUT2D eigenvalue weighted by Crippen LogP contribution is -2.27. The summed E-state index contributed by atoms with van der Waals surface area (Å²) in [6, 6.07) is 8.05. The number of benzene rings is 1. The van der Waals surface area contributed by atoms with Crippen LogP contribution in [0.15, 0.2) is 24.3 Å². The van der Waals surface area contributed by atoms with E-state index in [9.17, 15) is 4.79 Å². The highest BCUT2D eigenvalue weighted by atomic mass is 16.1. The molecule has 1 aliphatic rings. The van der Waals surface area contributed by atoms with Crippen LogP contribution in [0.3, 0.4) is 0 Å². The smallest absolute Gasteiger partial charge is 0.251 e. The molecule has 1 aromatic rings. The fourth-order valence-electron chi connectivity index (χ4n) is 1.88. The first-order chi connectivity index (χ1) is 7.72. The molecule has 2 atom stereocenters. The van der Waals surface area contributed by atoms with E-state index in [1.807, 2.05) is 24.3 Å². The average molecular weight is 218 g/mol. The molecule has 1 aromatic carbocycles. The molecule has 3 nitrogen and oxygen atoms in total. The summed E-state index contributed by atoms with van der Waals surface area (Å²) in [6.07, 6.45) is 1.86. The summed E-state index contributed by atoms with van der Waals surface area (Å²) in [5, 5.41) is 3.04. The van der Waals surface area contributed by atoms with E-state index < -0.39 is 0 Å². The number of rotatable bonds is 4. The maximum absolute atomic E-state index is 12.0. The Kier molecular flexibility index (Phi) is 3.25. The molecule has 3 N–H and O–H groups in total. The number of amides is 1. The zero-order valence-corrected chi connectivity index (χ0v) is 9.57. The van der Waals surface area contributed by atoms with Crippen molar-refractivity contribution in [1.82, 2.24) is 5.32 Å². The number of nitrogens with two attached hydrogens (primary N) is 1. The van der Waals surface area contributed by atoms with Crippen molar-refractivity contribution in [3.8, 4) is 0 Å². The highest BCUT2D eigenvalue weighted by Crippen LogP contribution is 2.29. The topological polar surface area (TPSA) is 55.1 Å². The minimum atomic E-state index is 0.0402. The van der Waals surface area contributed by atoms with E-state index >= 15 is 0 Å². The minimum Gasteiger partial charge on any atom is -0.349 e. The molecule has 0 radical (unpaired) electrons. The van der Waals surface area contributed by atoms with Crippen LogP contribution in [0.5, 0.6) is 0 Å². The van der Waals surface area contributed by atoms with E-state index in [4.69, 9.17) is 5.73 Å². The van der Waals surface area contributed by atoms with Gasteiger partial charge in [-0.2, -0.15) is 0 Å². The second-order valence-corrected chi connectivity index (χ2v) is 4.49. The molecular formula is C13H18N2O. The van der Waals surface area contributed by atoms with Crippen LogP contribution in [0.25, 0.3) is 0 Å². The minimum absolute atomic E-state index is 0.0402. The van der Waals surface area contributed by atoms with Gasteiger partial charge in [-0.25, -0.2) is 0 Å². The fourth-order valence-corrected chi connectivity index (χ4v) is 1.88. The van der Waals surface area contributed by atoms with Crippen LogP contribution in [-0.2, 0) is 6.42 Å². The lowest BCUT2D eigenvalue weighted by atomic mass is 10.0. The second-order valence-electron chi connectivity index (χ2n) is 4.49. The lowest BCUT2D eigenvalue weighted by molar-refractivity contribution is 0.0948. The van der Waals surface area contributed by atoms with Gasteiger partial charge in [0.25, 0.3) is 5.91 Å². The zero-order chi connectivity index (χ0) is 11.5. The first-order valence-corrected chi connectivity index (χ1v) is 5.81. The third-order valence-corrected chi connectivity index (χ3v) is 3.10. The third kappa shape index (κ3) is 2.42. The standard InChI is InChI=1S/C13H18N2O/c1-9-8-12(9)15-13(16)11-5-3-2-4-10(11)6-7-14/h2-5,9,12H,6-8,14H2,1H3,(H,15,16). The Morgan fingerprint density at radius 1 is 1.50 bits per heavy atom. The number of hydrogen-bond donors (Lipinski definition) is 2. The van der Waals surface area contributed by atoms with Crippen molar-refractivity contribution < 1.29 is 4.79 Å². The molecule has 0 spiro atoms. The van der Waals surface area contributed by atoms with Crippen LogP contribution in [0.1, 0.15) is 29.3 Å². The Bertz CT molecular complexity index is 389. The van der Waals surface area contributed by atoms with Crippen LogP contribution < -0.4 is 11.1 Å². The molecule has 2 rings (SSSR count). The molecule has 0 aromatic heterocycles. The number of carbonyl (C=O) groups excluding carboxylic acids is 1.